The Morgan fingerprint density at radius 1 is 1.19 bits per heavy atom. The quantitative estimate of drug-likeness (QED) is 0.895. The van der Waals surface area contributed by atoms with Crippen LogP contribution in [0, 0.1) is 6.92 Å². The number of carbonyl (C=O) groups excluding carboxylic acids is 1. The Kier molecular flexibility index (Phi) is 4.99. The monoisotopic (exact) mass is 283 g/mol. The molecule has 0 heterocycles. The van der Waals surface area contributed by atoms with Gasteiger partial charge in [0.2, 0.25) is 5.91 Å². The van der Waals surface area contributed by atoms with Crippen LogP contribution in [0.25, 0.3) is 0 Å². The number of ether oxygens (including phenoxy) is 1. The Labute approximate surface area is 126 Å². The molecule has 2 aromatic carbocycles. The molecule has 0 saturated carbocycles. The van der Waals surface area contributed by atoms with Crippen molar-refractivity contribution in [3.8, 4) is 5.75 Å². The summed E-state index contributed by atoms with van der Waals surface area (Å²) in [4.78, 5) is 12.6. The van der Waals surface area contributed by atoms with Crippen LogP contribution in [0.4, 0.5) is 5.69 Å². The van der Waals surface area contributed by atoms with Gasteiger partial charge >= 0.3 is 0 Å². The predicted octanol–water partition coefficient (Wildman–Crippen LogP) is 4.14. The lowest BCUT2D eigenvalue weighted by molar-refractivity contribution is -0.117. The van der Waals surface area contributed by atoms with Gasteiger partial charge in [-0.05, 0) is 36.6 Å². The number of rotatable bonds is 5. The highest BCUT2D eigenvalue weighted by Crippen LogP contribution is 2.28. The van der Waals surface area contributed by atoms with Gasteiger partial charge in [-0.25, -0.2) is 0 Å². The average Bonchev–Trinajstić information content (AvgIpc) is 2.49. The summed E-state index contributed by atoms with van der Waals surface area (Å²) in [6.45, 7) is 4.01. The van der Waals surface area contributed by atoms with E-state index in [9.17, 15) is 4.79 Å². The minimum absolute atomic E-state index is 0.00685. The van der Waals surface area contributed by atoms with E-state index in [2.05, 4.69) is 5.32 Å². The van der Waals surface area contributed by atoms with Gasteiger partial charge in [0, 0.05) is 0 Å². The number of nitrogens with one attached hydrogen (secondary N) is 1. The third-order valence-electron chi connectivity index (χ3n) is 3.54. The van der Waals surface area contributed by atoms with Crippen LogP contribution in [0.3, 0.4) is 0 Å². The standard InChI is InChI=1S/C18H21NO2/c1-4-15(14-8-6-5-7-9-14)18(20)19-16-12-13(2)10-11-17(16)21-3/h5-12,15H,4H2,1-3H3,(H,19,20)/t15-/m0/s1. The van der Waals surface area contributed by atoms with Crippen molar-refractivity contribution in [1.29, 1.82) is 0 Å². The van der Waals surface area contributed by atoms with Crippen LogP contribution >= 0.6 is 0 Å². The maximum atomic E-state index is 12.6. The van der Waals surface area contributed by atoms with Gasteiger partial charge in [0.15, 0.2) is 0 Å². The minimum Gasteiger partial charge on any atom is -0.495 e. The molecule has 3 heteroatoms. The van der Waals surface area contributed by atoms with Crippen molar-refractivity contribution in [1.82, 2.24) is 0 Å². The summed E-state index contributed by atoms with van der Waals surface area (Å²) in [5, 5.41) is 2.99. The van der Waals surface area contributed by atoms with Crippen LogP contribution in [-0.2, 0) is 4.79 Å². The summed E-state index contributed by atoms with van der Waals surface area (Å²) in [6, 6.07) is 15.6. The zero-order valence-corrected chi connectivity index (χ0v) is 12.7. The molecule has 2 aromatic rings. The smallest absolute Gasteiger partial charge is 0.232 e. The SMILES string of the molecule is CC[C@H](C(=O)Nc1cc(C)ccc1OC)c1ccccc1. The first-order chi connectivity index (χ1) is 10.2. The third-order valence-corrected chi connectivity index (χ3v) is 3.54. The fourth-order valence-corrected chi connectivity index (χ4v) is 2.40. The first kappa shape index (κ1) is 15.1. The molecule has 1 N–H and O–H groups in total. The summed E-state index contributed by atoms with van der Waals surface area (Å²) in [5.41, 5.74) is 2.83. The van der Waals surface area contributed by atoms with Gasteiger partial charge in [-0.3, -0.25) is 4.79 Å². The van der Waals surface area contributed by atoms with Gasteiger partial charge in [-0.15, -0.1) is 0 Å². The number of hydrogen-bond donors (Lipinski definition) is 1. The van der Waals surface area contributed by atoms with E-state index in [4.69, 9.17) is 4.74 Å². The summed E-state index contributed by atoms with van der Waals surface area (Å²) < 4.78 is 5.31. The Balaban J connectivity index is 2.22. The van der Waals surface area contributed by atoms with Gasteiger partial charge in [-0.1, -0.05) is 43.3 Å². The Hall–Kier alpha value is -2.29. The second-order valence-electron chi connectivity index (χ2n) is 5.06. The van der Waals surface area contributed by atoms with E-state index in [0.717, 1.165) is 23.2 Å². The van der Waals surface area contributed by atoms with Crippen molar-refractivity contribution in [3.05, 3.63) is 59.7 Å². The van der Waals surface area contributed by atoms with Crippen molar-refractivity contribution in [2.45, 2.75) is 26.2 Å². The lowest BCUT2D eigenvalue weighted by atomic mass is 9.95. The van der Waals surface area contributed by atoms with Gasteiger partial charge in [-0.2, -0.15) is 0 Å². The van der Waals surface area contributed by atoms with E-state index >= 15 is 0 Å². The molecule has 0 unspecified atom stereocenters. The van der Waals surface area contributed by atoms with E-state index < -0.39 is 0 Å². The van der Waals surface area contributed by atoms with Crippen molar-refractivity contribution in [2.75, 3.05) is 12.4 Å². The van der Waals surface area contributed by atoms with Crippen LogP contribution in [0.5, 0.6) is 5.75 Å². The first-order valence-electron chi connectivity index (χ1n) is 7.16. The summed E-state index contributed by atoms with van der Waals surface area (Å²) in [7, 11) is 1.61. The maximum absolute atomic E-state index is 12.6. The summed E-state index contributed by atoms with van der Waals surface area (Å²) in [5.74, 6) is 0.515. The van der Waals surface area contributed by atoms with E-state index in [1.807, 2.05) is 62.4 Å². The van der Waals surface area contributed by atoms with Crippen molar-refractivity contribution < 1.29 is 9.53 Å². The Morgan fingerprint density at radius 3 is 2.52 bits per heavy atom. The highest BCUT2D eigenvalue weighted by atomic mass is 16.5. The molecule has 0 aromatic heterocycles. The first-order valence-corrected chi connectivity index (χ1v) is 7.16. The fraction of sp³-hybridized carbons (Fsp3) is 0.278. The molecule has 3 nitrogen and oxygen atoms in total. The van der Waals surface area contributed by atoms with E-state index in [0.29, 0.717) is 5.75 Å². The summed E-state index contributed by atoms with van der Waals surface area (Å²) >= 11 is 0. The molecule has 1 atom stereocenters. The van der Waals surface area contributed by atoms with Gasteiger partial charge < -0.3 is 10.1 Å². The number of hydrogen-bond acceptors (Lipinski definition) is 2. The Bertz CT molecular complexity index is 608. The molecule has 2 rings (SSSR count). The number of anilines is 1. The second-order valence-corrected chi connectivity index (χ2v) is 5.06. The number of benzene rings is 2. The van der Waals surface area contributed by atoms with Crippen LogP contribution in [0.15, 0.2) is 48.5 Å². The highest BCUT2D eigenvalue weighted by Gasteiger charge is 2.19. The average molecular weight is 283 g/mol. The van der Waals surface area contributed by atoms with E-state index in [-0.39, 0.29) is 11.8 Å². The number of methoxy groups -OCH3 is 1. The number of amides is 1. The van der Waals surface area contributed by atoms with Crippen LogP contribution in [0.2, 0.25) is 0 Å². The molecule has 110 valence electrons. The second kappa shape index (κ2) is 6.93. The van der Waals surface area contributed by atoms with E-state index in [1.54, 1.807) is 7.11 Å². The minimum atomic E-state index is -0.156. The normalized spacial score (nSPS) is 11.8. The zero-order valence-electron chi connectivity index (χ0n) is 12.7. The molecule has 0 aliphatic rings. The van der Waals surface area contributed by atoms with Crippen LogP contribution < -0.4 is 10.1 Å². The van der Waals surface area contributed by atoms with Gasteiger partial charge in [0.1, 0.15) is 5.75 Å². The number of aryl methyl sites for hydroxylation is 1. The molecule has 0 fully saturated rings. The lowest BCUT2D eigenvalue weighted by Crippen LogP contribution is -2.21. The highest BCUT2D eigenvalue weighted by molar-refractivity contribution is 5.97. The molecule has 0 bridgehead atoms. The van der Waals surface area contributed by atoms with Crippen LogP contribution in [-0.4, -0.2) is 13.0 Å². The molecule has 21 heavy (non-hydrogen) atoms. The van der Waals surface area contributed by atoms with Gasteiger partial charge in [0.25, 0.3) is 0 Å². The fourth-order valence-electron chi connectivity index (χ4n) is 2.40. The molecule has 0 aliphatic carbocycles. The predicted molar refractivity (Wildman–Crippen MR) is 85.8 cm³/mol. The molecule has 0 spiro atoms. The molecule has 0 saturated heterocycles. The molecular formula is C18H21NO2. The van der Waals surface area contributed by atoms with Crippen molar-refractivity contribution >= 4 is 11.6 Å². The largest absolute Gasteiger partial charge is 0.495 e. The van der Waals surface area contributed by atoms with Crippen LogP contribution in [0.1, 0.15) is 30.4 Å². The molecular weight excluding hydrogens is 262 g/mol. The van der Waals surface area contributed by atoms with Crippen molar-refractivity contribution in [2.24, 2.45) is 0 Å². The van der Waals surface area contributed by atoms with Gasteiger partial charge in [0.05, 0.1) is 18.7 Å². The van der Waals surface area contributed by atoms with E-state index in [1.165, 1.54) is 0 Å². The maximum Gasteiger partial charge on any atom is 0.232 e. The topological polar surface area (TPSA) is 38.3 Å². The zero-order chi connectivity index (χ0) is 15.2. The molecule has 0 aliphatic heterocycles. The Morgan fingerprint density at radius 2 is 1.90 bits per heavy atom. The van der Waals surface area contributed by atoms with Crippen molar-refractivity contribution in [3.63, 3.8) is 0 Å². The lowest BCUT2D eigenvalue weighted by Gasteiger charge is -2.17. The summed E-state index contributed by atoms with van der Waals surface area (Å²) in [6.07, 6.45) is 0.754. The third kappa shape index (κ3) is 3.63. The molecule has 1 amide bonds. The number of carbonyl (C=O) groups is 1. The molecule has 0 radical (unpaired) electrons.